The van der Waals surface area contributed by atoms with Gasteiger partial charge >= 0.3 is 0 Å². The molecule has 5 nitrogen and oxygen atoms in total. The Morgan fingerprint density at radius 1 is 0.941 bits per heavy atom. The first-order valence-corrected chi connectivity index (χ1v) is 11.6. The molecule has 0 saturated heterocycles. The van der Waals surface area contributed by atoms with Crippen LogP contribution in [0.1, 0.15) is 51.3 Å². The summed E-state index contributed by atoms with van der Waals surface area (Å²) in [6, 6.07) is 15.9. The van der Waals surface area contributed by atoms with E-state index in [0.29, 0.717) is 33.8 Å². The van der Waals surface area contributed by atoms with Gasteiger partial charge in [-0.1, -0.05) is 29.8 Å². The first-order valence-electron chi connectivity index (χ1n) is 11.2. The molecular weight excluding hydrogens is 450 g/mol. The van der Waals surface area contributed by atoms with Gasteiger partial charge in [0.25, 0.3) is 5.91 Å². The zero-order chi connectivity index (χ0) is 24.1. The lowest BCUT2D eigenvalue weighted by molar-refractivity contribution is 0.0971. The summed E-state index contributed by atoms with van der Waals surface area (Å²) in [5.41, 5.74) is 4.81. The van der Waals surface area contributed by atoms with Crippen LogP contribution in [0.25, 0.3) is 11.0 Å². The highest BCUT2D eigenvalue weighted by Gasteiger charge is 2.43. The van der Waals surface area contributed by atoms with Gasteiger partial charge in [0.2, 0.25) is 5.76 Å². The Balaban J connectivity index is 1.78. The van der Waals surface area contributed by atoms with Crippen LogP contribution in [0.5, 0.6) is 5.75 Å². The van der Waals surface area contributed by atoms with Crippen molar-refractivity contribution in [3.63, 3.8) is 0 Å². The van der Waals surface area contributed by atoms with Crippen LogP contribution in [0.4, 0.5) is 5.69 Å². The fourth-order valence-corrected chi connectivity index (χ4v) is 4.63. The van der Waals surface area contributed by atoms with Gasteiger partial charge in [-0.15, -0.1) is 0 Å². The first-order chi connectivity index (χ1) is 16.3. The minimum atomic E-state index is -0.654. The van der Waals surface area contributed by atoms with Gasteiger partial charge in [-0.2, -0.15) is 0 Å². The second kappa shape index (κ2) is 8.33. The van der Waals surface area contributed by atoms with E-state index in [9.17, 15) is 9.59 Å². The summed E-state index contributed by atoms with van der Waals surface area (Å²) >= 11 is 6.41. The predicted molar refractivity (Wildman–Crippen MR) is 134 cm³/mol. The van der Waals surface area contributed by atoms with E-state index in [2.05, 4.69) is 0 Å². The second-order valence-electron chi connectivity index (χ2n) is 8.62. The molecule has 0 bridgehead atoms. The average Bonchev–Trinajstić information content (AvgIpc) is 3.10. The highest BCUT2D eigenvalue weighted by Crippen LogP contribution is 2.42. The molecule has 3 aromatic carbocycles. The third kappa shape index (κ3) is 3.48. The molecule has 1 unspecified atom stereocenters. The minimum absolute atomic E-state index is 0.0661. The average molecular weight is 474 g/mol. The number of ether oxygens (including phenoxy) is 1. The van der Waals surface area contributed by atoms with Gasteiger partial charge in [-0.25, -0.2) is 0 Å². The third-order valence-electron chi connectivity index (χ3n) is 6.43. The Hall–Kier alpha value is -3.57. The second-order valence-corrected chi connectivity index (χ2v) is 9.03. The molecule has 2 heterocycles. The van der Waals surface area contributed by atoms with Crippen LogP contribution in [0.3, 0.4) is 0 Å². The van der Waals surface area contributed by atoms with Gasteiger partial charge in [-0.05, 0) is 86.3 Å². The van der Waals surface area contributed by atoms with Gasteiger partial charge in [-0.3, -0.25) is 14.5 Å². The highest BCUT2D eigenvalue weighted by molar-refractivity contribution is 6.31. The number of carbonyl (C=O) groups excluding carboxylic acids is 1. The van der Waals surface area contributed by atoms with E-state index in [0.717, 1.165) is 28.0 Å². The van der Waals surface area contributed by atoms with Crippen LogP contribution in [0.15, 0.2) is 63.8 Å². The standard InChI is InChI=1S/C28H24ClNO4/c1-5-33-20-10-7-18(8-11-20)25-24-26(31)21-12-16(3)17(4)13-23(21)34-27(24)28(32)30(25)19-9-6-15(2)22(29)14-19/h6-14,25H,5H2,1-4H3. The molecule has 0 fully saturated rings. The van der Waals surface area contributed by atoms with Crippen molar-refractivity contribution in [3.05, 3.63) is 103 Å². The summed E-state index contributed by atoms with van der Waals surface area (Å²) in [5, 5.41) is 1.01. The van der Waals surface area contributed by atoms with Crippen molar-refractivity contribution in [1.29, 1.82) is 0 Å². The molecule has 0 saturated carbocycles. The number of aryl methyl sites for hydroxylation is 3. The van der Waals surface area contributed by atoms with Crippen molar-refractivity contribution >= 4 is 34.2 Å². The molecule has 172 valence electrons. The molecule has 0 spiro atoms. The molecule has 1 aliphatic heterocycles. The Morgan fingerprint density at radius 3 is 2.32 bits per heavy atom. The van der Waals surface area contributed by atoms with Crippen molar-refractivity contribution in [3.8, 4) is 5.75 Å². The lowest BCUT2D eigenvalue weighted by Gasteiger charge is -2.25. The zero-order valence-electron chi connectivity index (χ0n) is 19.4. The largest absolute Gasteiger partial charge is 0.494 e. The monoisotopic (exact) mass is 473 g/mol. The maximum Gasteiger partial charge on any atom is 0.295 e. The molecule has 0 radical (unpaired) electrons. The van der Waals surface area contributed by atoms with Crippen LogP contribution < -0.4 is 15.1 Å². The van der Waals surface area contributed by atoms with E-state index < -0.39 is 6.04 Å². The zero-order valence-corrected chi connectivity index (χ0v) is 20.2. The summed E-state index contributed by atoms with van der Waals surface area (Å²) < 4.78 is 11.7. The van der Waals surface area contributed by atoms with Crippen molar-refractivity contribution in [2.24, 2.45) is 0 Å². The van der Waals surface area contributed by atoms with Crippen LogP contribution in [0.2, 0.25) is 5.02 Å². The normalized spacial score (nSPS) is 15.1. The van der Waals surface area contributed by atoms with Gasteiger partial charge in [0.15, 0.2) is 5.43 Å². The van der Waals surface area contributed by atoms with Crippen molar-refractivity contribution in [1.82, 2.24) is 0 Å². The summed E-state index contributed by atoms with van der Waals surface area (Å²) in [7, 11) is 0. The van der Waals surface area contributed by atoms with Gasteiger partial charge in [0.05, 0.1) is 23.6 Å². The van der Waals surface area contributed by atoms with Crippen LogP contribution in [-0.4, -0.2) is 12.5 Å². The van der Waals surface area contributed by atoms with E-state index >= 15 is 0 Å². The molecule has 1 atom stereocenters. The number of halogens is 1. The fourth-order valence-electron chi connectivity index (χ4n) is 4.45. The third-order valence-corrected chi connectivity index (χ3v) is 6.83. The Bertz CT molecular complexity index is 1500. The number of amides is 1. The SMILES string of the molecule is CCOc1ccc(C2c3c(oc4cc(C)c(C)cc4c3=O)C(=O)N2c2ccc(C)c(Cl)c2)cc1. The van der Waals surface area contributed by atoms with Crippen LogP contribution in [0, 0.1) is 20.8 Å². The Morgan fingerprint density at radius 2 is 1.65 bits per heavy atom. The number of carbonyl (C=O) groups is 1. The molecule has 34 heavy (non-hydrogen) atoms. The number of nitrogens with zero attached hydrogens (tertiary/aromatic N) is 1. The maximum atomic E-state index is 13.8. The van der Waals surface area contributed by atoms with Crippen molar-refractivity contribution in [2.45, 2.75) is 33.7 Å². The number of rotatable bonds is 4. The molecule has 1 aliphatic rings. The lowest BCUT2D eigenvalue weighted by Crippen LogP contribution is -2.29. The molecule has 4 aromatic rings. The van der Waals surface area contributed by atoms with Gasteiger partial charge in [0, 0.05) is 10.7 Å². The molecule has 1 aromatic heterocycles. The first kappa shape index (κ1) is 22.2. The minimum Gasteiger partial charge on any atom is -0.494 e. The van der Waals surface area contributed by atoms with E-state index in [4.69, 9.17) is 20.8 Å². The summed E-state index contributed by atoms with van der Waals surface area (Å²) in [6.45, 7) is 8.28. The van der Waals surface area contributed by atoms with E-state index in [1.807, 2.05) is 76.2 Å². The Labute approximate surface area is 202 Å². The van der Waals surface area contributed by atoms with E-state index in [-0.39, 0.29) is 17.1 Å². The molecule has 1 amide bonds. The lowest BCUT2D eigenvalue weighted by atomic mass is 9.97. The van der Waals surface area contributed by atoms with E-state index in [1.165, 1.54) is 0 Å². The van der Waals surface area contributed by atoms with Gasteiger partial charge in [0.1, 0.15) is 11.3 Å². The quantitative estimate of drug-likeness (QED) is 0.338. The number of hydrogen-bond acceptors (Lipinski definition) is 4. The summed E-state index contributed by atoms with van der Waals surface area (Å²) in [4.78, 5) is 29.1. The van der Waals surface area contributed by atoms with Crippen LogP contribution in [-0.2, 0) is 0 Å². The van der Waals surface area contributed by atoms with Gasteiger partial charge < -0.3 is 9.15 Å². The summed E-state index contributed by atoms with van der Waals surface area (Å²) in [6.07, 6.45) is 0. The topological polar surface area (TPSA) is 59.8 Å². The number of benzene rings is 3. The molecular formula is C28H24ClNO4. The van der Waals surface area contributed by atoms with Crippen molar-refractivity contribution < 1.29 is 13.9 Å². The highest BCUT2D eigenvalue weighted by atomic mass is 35.5. The smallest absolute Gasteiger partial charge is 0.295 e. The Kier molecular flexibility index (Phi) is 5.45. The number of fused-ring (bicyclic) bond motifs is 2. The predicted octanol–water partition coefficient (Wildman–Crippen LogP) is 6.52. The summed E-state index contributed by atoms with van der Waals surface area (Å²) in [5.74, 6) is 0.416. The number of anilines is 1. The molecule has 5 rings (SSSR count). The fraction of sp³-hybridized carbons (Fsp3) is 0.214. The molecule has 0 N–H and O–H groups in total. The van der Waals surface area contributed by atoms with Crippen LogP contribution >= 0.6 is 11.6 Å². The molecule has 6 heteroatoms. The number of hydrogen-bond donors (Lipinski definition) is 0. The van der Waals surface area contributed by atoms with E-state index in [1.54, 1.807) is 11.0 Å². The maximum absolute atomic E-state index is 13.8. The molecule has 0 aliphatic carbocycles. The van der Waals surface area contributed by atoms with Crippen molar-refractivity contribution in [2.75, 3.05) is 11.5 Å².